The molecule has 4 aliphatic rings. The minimum absolute atomic E-state index is 0.0322. The molecule has 4 fully saturated rings. The Labute approximate surface area is 268 Å². The Kier molecular flexibility index (Phi) is 9.61. The molecular weight excluding hydrogens is 557 g/mol. The Balaban J connectivity index is 1.60. The van der Waals surface area contributed by atoms with Gasteiger partial charge in [0.15, 0.2) is 0 Å². The van der Waals surface area contributed by atoms with Crippen LogP contribution in [0.5, 0.6) is 0 Å². The van der Waals surface area contributed by atoms with Gasteiger partial charge in [0.2, 0.25) is 0 Å². The van der Waals surface area contributed by atoms with Crippen LogP contribution in [0.4, 0.5) is 0 Å². The largest absolute Gasteiger partial charge is 0.459 e. The van der Waals surface area contributed by atoms with Crippen molar-refractivity contribution in [1.29, 1.82) is 0 Å². The molecule has 1 heterocycles. The molecule has 0 bridgehead atoms. The summed E-state index contributed by atoms with van der Waals surface area (Å²) in [5, 5.41) is 0.703. The molecule has 3 saturated carbocycles. The third-order valence-corrected chi connectivity index (χ3v) is 26.7. The number of hydrogen-bond acceptors (Lipinski definition) is 2. The van der Waals surface area contributed by atoms with Crippen molar-refractivity contribution in [2.24, 2.45) is 23.2 Å². The van der Waals surface area contributed by atoms with E-state index in [0.29, 0.717) is 56.3 Å². The number of allylic oxidation sites excluding steroid dienone is 5. The van der Waals surface area contributed by atoms with E-state index in [0.717, 1.165) is 6.42 Å². The summed E-state index contributed by atoms with van der Waals surface area (Å²) in [7, 11) is -3.22. The normalized spacial score (nSPS) is 34.4. The SMILES string of the molecule is C=C1C[C@H](C[C@@H](C)C2CC[C@H]3/C(=C/C=C4C[C@@H]([Si](C)(C)C(C)(C)C)C(=C)[C@H]([Si](C)(C)C(C)(C)C)C4)CCC[C@]23C)OC1=O. The van der Waals surface area contributed by atoms with Gasteiger partial charge in [0.1, 0.15) is 6.10 Å². The third kappa shape index (κ3) is 6.44. The van der Waals surface area contributed by atoms with Crippen molar-refractivity contribution in [2.45, 2.75) is 167 Å². The number of carbonyl (C=O) groups is 1. The van der Waals surface area contributed by atoms with E-state index in [9.17, 15) is 4.79 Å². The van der Waals surface area contributed by atoms with Crippen molar-refractivity contribution >= 4 is 22.1 Å². The zero-order valence-electron chi connectivity index (χ0n) is 30.2. The second-order valence-corrected chi connectivity index (χ2v) is 30.0. The first-order valence-electron chi connectivity index (χ1n) is 17.6. The summed E-state index contributed by atoms with van der Waals surface area (Å²) in [5.41, 5.74) is 7.34. The molecule has 1 unspecified atom stereocenters. The topological polar surface area (TPSA) is 26.3 Å². The molecule has 3 aliphatic carbocycles. The standard InChI is InChI=1S/C39H66O2Si2/c1-26(22-31-23-27(2)36(40)41-31)32-19-20-33-30(16-15-21-39(32,33)10)18-17-29-24-34(42(11,12)37(4,5)6)28(3)35(25-29)43(13,14)38(7,8)9/h17-18,26,31-35H,2-3,15-16,19-25H2,1,4-14H3/b30-18+/t26-,31+,32?,33+,34-,35-,39-/m1/s1. The minimum atomic E-state index is -1.61. The van der Waals surface area contributed by atoms with Gasteiger partial charge in [0, 0.05) is 12.0 Å². The lowest BCUT2D eigenvalue weighted by atomic mass is 9.60. The molecule has 0 spiro atoms. The summed E-state index contributed by atoms with van der Waals surface area (Å²) in [5.74, 6) is 1.78. The maximum Gasteiger partial charge on any atom is 0.333 e. The van der Waals surface area contributed by atoms with Crippen molar-refractivity contribution in [1.82, 2.24) is 0 Å². The van der Waals surface area contributed by atoms with Gasteiger partial charge in [-0.3, -0.25) is 0 Å². The van der Waals surface area contributed by atoms with Crippen LogP contribution in [0.25, 0.3) is 0 Å². The molecular formula is C39H66O2Si2. The van der Waals surface area contributed by atoms with Crippen molar-refractivity contribution in [3.8, 4) is 0 Å². The van der Waals surface area contributed by atoms with E-state index in [-0.39, 0.29) is 12.1 Å². The molecule has 1 saturated heterocycles. The molecule has 0 N–H and O–H groups in total. The van der Waals surface area contributed by atoms with Crippen molar-refractivity contribution in [3.05, 3.63) is 47.6 Å². The van der Waals surface area contributed by atoms with Gasteiger partial charge in [-0.15, -0.1) is 0 Å². The van der Waals surface area contributed by atoms with E-state index >= 15 is 0 Å². The van der Waals surface area contributed by atoms with E-state index in [2.05, 4.69) is 100 Å². The molecule has 43 heavy (non-hydrogen) atoms. The number of rotatable bonds is 6. The number of ether oxygens (including phenoxy) is 1. The summed E-state index contributed by atoms with van der Waals surface area (Å²) in [6.45, 7) is 39.4. The molecule has 4 heteroatoms. The third-order valence-electron chi connectivity index (χ3n) is 14.4. The van der Waals surface area contributed by atoms with Crippen molar-refractivity contribution in [3.63, 3.8) is 0 Å². The first kappa shape index (κ1) is 34.7. The number of carbonyl (C=O) groups excluding carboxylic acids is 1. The van der Waals surface area contributed by atoms with Gasteiger partial charge in [0.05, 0.1) is 16.1 Å². The molecule has 0 aromatic carbocycles. The predicted octanol–water partition coefficient (Wildman–Crippen LogP) is 12.1. The second-order valence-electron chi connectivity index (χ2n) is 18.7. The number of cyclic esters (lactones) is 1. The lowest BCUT2D eigenvalue weighted by Crippen LogP contribution is -2.49. The summed E-state index contributed by atoms with van der Waals surface area (Å²) in [6, 6.07) is 0. The van der Waals surface area contributed by atoms with Gasteiger partial charge in [-0.2, -0.15) is 0 Å². The first-order chi connectivity index (χ1) is 19.6. The van der Waals surface area contributed by atoms with Crippen LogP contribution in [0.3, 0.4) is 0 Å². The summed E-state index contributed by atoms with van der Waals surface area (Å²) < 4.78 is 5.66. The van der Waals surface area contributed by atoms with Crippen LogP contribution in [-0.2, 0) is 9.53 Å². The Morgan fingerprint density at radius 3 is 1.98 bits per heavy atom. The van der Waals surface area contributed by atoms with E-state index in [1.807, 2.05) is 0 Å². The highest BCUT2D eigenvalue weighted by Gasteiger charge is 2.53. The molecule has 1 aliphatic heterocycles. The minimum Gasteiger partial charge on any atom is -0.459 e. The fourth-order valence-corrected chi connectivity index (χ4v) is 15.6. The molecule has 0 aromatic rings. The Morgan fingerprint density at radius 1 is 0.930 bits per heavy atom. The van der Waals surface area contributed by atoms with E-state index in [1.165, 1.54) is 44.9 Å². The van der Waals surface area contributed by atoms with Crippen LogP contribution in [-0.4, -0.2) is 28.2 Å². The van der Waals surface area contributed by atoms with Crippen molar-refractivity contribution in [2.75, 3.05) is 0 Å². The second kappa shape index (κ2) is 11.9. The smallest absolute Gasteiger partial charge is 0.333 e. The molecule has 242 valence electrons. The predicted molar refractivity (Wildman–Crippen MR) is 192 cm³/mol. The van der Waals surface area contributed by atoms with Crippen LogP contribution in [0, 0.1) is 23.2 Å². The number of esters is 1. The lowest BCUT2D eigenvalue weighted by Gasteiger charge is -2.53. The average molecular weight is 623 g/mol. The Bertz CT molecular complexity index is 1120. The van der Waals surface area contributed by atoms with Crippen LogP contribution < -0.4 is 0 Å². The highest BCUT2D eigenvalue weighted by Crippen LogP contribution is 2.62. The van der Waals surface area contributed by atoms with Gasteiger partial charge in [-0.1, -0.05) is 124 Å². The van der Waals surface area contributed by atoms with Crippen LogP contribution in [0.1, 0.15) is 113 Å². The van der Waals surface area contributed by atoms with Crippen LogP contribution in [0.2, 0.25) is 47.3 Å². The van der Waals surface area contributed by atoms with Gasteiger partial charge >= 0.3 is 5.97 Å². The van der Waals surface area contributed by atoms with Gasteiger partial charge in [0.25, 0.3) is 0 Å². The fourth-order valence-electron chi connectivity index (χ4n) is 9.52. The monoisotopic (exact) mass is 622 g/mol. The maximum absolute atomic E-state index is 12.0. The van der Waals surface area contributed by atoms with E-state index in [1.54, 1.807) is 16.7 Å². The zero-order chi connectivity index (χ0) is 32.3. The fraction of sp³-hybridized carbons (Fsp3) is 0.769. The molecule has 0 aromatic heterocycles. The van der Waals surface area contributed by atoms with Gasteiger partial charge < -0.3 is 4.74 Å². The van der Waals surface area contributed by atoms with E-state index < -0.39 is 16.1 Å². The van der Waals surface area contributed by atoms with E-state index in [4.69, 9.17) is 11.3 Å². The number of fused-ring (bicyclic) bond motifs is 1. The highest BCUT2D eigenvalue weighted by atomic mass is 28.3. The zero-order valence-corrected chi connectivity index (χ0v) is 32.2. The van der Waals surface area contributed by atoms with Crippen LogP contribution >= 0.6 is 0 Å². The molecule has 7 atom stereocenters. The summed E-state index contributed by atoms with van der Waals surface area (Å²) >= 11 is 0. The Morgan fingerprint density at radius 2 is 1.49 bits per heavy atom. The quantitative estimate of drug-likeness (QED) is 0.127. The summed E-state index contributed by atoms with van der Waals surface area (Å²) in [6.07, 6.45) is 15.9. The molecule has 4 rings (SSSR count). The van der Waals surface area contributed by atoms with Gasteiger partial charge in [-0.25, -0.2) is 4.79 Å². The Hall–Kier alpha value is -1.14. The average Bonchev–Trinajstić information content (AvgIpc) is 3.39. The lowest BCUT2D eigenvalue weighted by molar-refractivity contribution is -0.139. The molecule has 2 nitrogen and oxygen atoms in total. The number of hydrogen-bond donors (Lipinski definition) is 0. The summed E-state index contributed by atoms with van der Waals surface area (Å²) in [4.78, 5) is 12.0. The van der Waals surface area contributed by atoms with Gasteiger partial charge in [-0.05, 0) is 95.7 Å². The first-order valence-corrected chi connectivity index (χ1v) is 23.7. The van der Waals surface area contributed by atoms with Crippen molar-refractivity contribution < 1.29 is 9.53 Å². The molecule has 0 radical (unpaired) electrons. The highest BCUT2D eigenvalue weighted by molar-refractivity contribution is 6.84. The maximum atomic E-state index is 12.0. The molecule has 0 amide bonds. The van der Waals surface area contributed by atoms with Crippen LogP contribution in [0.15, 0.2) is 47.6 Å².